The Kier molecular flexibility index (Phi) is 25.7. The average Bonchev–Trinajstić information content (AvgIpc) is 1.68. The van der Waals surface area contributed by atoms with Crippen LogP contribution in [0.4, 0.5) is 0 Å². The smallest absolute Gasteiger partial charge is 0.357 e. The van der Waals surface area contributed by atoms with E-state index in [0.29, 0.717) is 0 Å². The summed E-state index contributed by atoms with van der Waals surface area (Å²) in [6.45, 7) is 22.7. The zero-order valence-electron chi connectivity index (χ0n) is 61.2. The van der Waals surface area contributed by atoms with Crippen molar-refractivity contribution in [1.82, 2.24) is 74.3 Å². The molecule has 7 aromatic rings. The predicted molar refractivity (Wildman–Crippen MR) is 395 cm³/mol. The van der Waals surface area contributed by atoms with Crippen molar-refractivity contribution in [2.75, 3.05) is 105 Å². The third-order valence-corrected chi connectivity index (χ3v) is 35.8. The quantitative estimate of drug-likeness (QED) is 0.0413. The predicted octanol–water partition coefficient (Wildman–Crippen LogP) is 6.37. The van der Waals surface area contributed by atoms with Gasteiger partial charge in [-0.25, -0.2) is 77.3 Å². The number of sulfonamides is 8. The van der Waals surface area contributed by atoms with Gasteiger partial charge in [-0.1, -0.05) is 111 Å². The molecule has 0 amide bonds. The summed E-state index contributed by atoms with van der Waals surface area (Å²) in [7, 11) is -38.5. The zero-order valence-corrected chi connectivity index (χ0v) is 68.7. The van der Waals surface area contributed by atoms with Crippen molar-refractivity contribution in [3.8, 4) is 45.6 Å². The Labute approximate surface area is 627 Å². The fraction of sp³-hybridized carbons (Fsp3) is 0.500. The maximum atomic E-state index is 15.2. The van der Waals surface area contributed by atoms with E-state index in [1.807, 2.05) is 0 Å². The molecule has 0 atom stereocenters. The van der Waals surface area contributed by atoms with Crippen LogP contribution in [0.15, 0.2) is 87.7 Å². The molecule has 105 heavy (non-hydrogen) atoms. The number of nitrogens with zero attached hydrogens (tertiary/aromatic N) is 16. The molecular weight excluding hydrogens is 1570 g/mol. The van der Waals surface area contributed by atoms with Crippen LogP contribution < -0.4 is 9.97 Å². The van der Waals surface area contributed by atoms with Gasteiger partial charge in [0.15, 0.2) is 0 Å². The second kappa shape index (κ2) is 31.9. The Morgan fingerprint density at radius 2 is 0.343 bits per heavy atom. The van der Waals surface area contributed by atoms with Crippen molar-refractivity contribution in [3.63, 3.8) is 0 Å². The van der Waals surface area contributed by atoms with E-state index in [9.17, 15) is 0 Å². The Balaban J connectivity index is 0.0000139. The van der Waals surface area contributed by atoms with E-state index in [2.05, 4.69) is 0 Å². The Morgan fingerprint density at radius 1 is 0.219 bits per heavy atom. The molecule has 32 nitrogen and oxygen atoms in total. The molecule has 9 rings (SSSR count). The number of fused-ring (bicyclic) bond motifs is 20. The third kappa shape index (κ3) is 14.5. The van der Waals surface area contributed by atoms with Gasteiger partial charge in [0.1, 0.15) is 39.2 Å². The molecular formula is C64H88CuN16O16S8. The first-order valence-corrected chi connectivity index (χ1v) is 45.9. The standard InChI is InChI=1S/C64H88N16O16S8.Cu/c1-17-73(18-2)97(81,82)49-33-41-42(34-50(49)98(83,84)74(19-3)20-4)58-65-57(41)69-59-43-35-51(99(85,86)75(21-5)22-6)52(100(87,88)76(23-7)24-8)36-44(43)61(66-59)71-63-47-39-55(103(93,94)79(29-13)30-14)56(104(95,96)80(31-15)32-16)40-48(47)64(68-63)72-62-46-38-54(102(91,92)78(27-11)28-12)53(37-45(46)60(67-62)70-58)101(89,90)77(25-9)26-10;/h33-40H,17-32H2,1-16H3;/q-2;+2. The number of hydrogen-bond donors (Lipinski definition) is 0. The van der Waals surface area contributed by atoms with Gasteiger partial charge in [-0.15, -0.1) is 0 Å². The SMILES string of the molecule is CCN(CC)S(=O)(=O)c1cc2c(cc1S(=O)(=O)N(CC)CC)-c1nc-2nc2[n-]c(nc3nc(nc4[n-]c(n1)c1cc(S(=O)(=O)N(CC)CC)c(S(=O)(=O)N(CC)CC)cc41)-c1cc(S(=O)(=O)N(CC)CC)c(S(=O)(=O)N(CC)CC)cc1-3)c1cc(S(=O)(=O)N(CC)CC)c(S(=O)(=O)N(CC)CC)cc21.[Cu+2]. The molecule has 579 valence electrons. The molecule has 2 aliphatic rings. The fourth-order valence-corrected chi connectivity index (χ4v) is 27.8. The summed E-state index contributed by atoms with van der Waals surface area (Å²) in [4.78, 5) is 33.4. The van der Waals surface area contributed by atoms with Gasteiger partial charge in [-0.05, 0) is 70.1 Å². The van der Waals surface area contributed by atoms with Crippen LogP contribution >= 0.6 is 0 Å². The minimum absolute atomic E-state index is 0. The second-order valence-electron chi connectivity index (χ2n) is 23.6. The van der Waals surface area contributed by atoms with Crippen molar-refractivity contribution < 1.29 is 84.4 Å². The first-order chi connectivity index (χ1) is 48.9. The molecule has 2 aliphatic heterocycles. The monoisotopic (exact) mass is 1660 g/mol. The number of aromatic nitrogens is 8. The maximum absolute atomic E-state index is 15.2. The van der Waals surface area contributed by atoms with Crippen LogP contribution in [0, 0.1) is 0 Å². The van der Waals surface area contributed by atoms with Crippen LogP contribution in [-0.4, -0.2) is 236 Å². The van der Waals surface area contributed by atoms with Gasteiger partial charge in [0.05, 0.1) is 23.3 Å². The van der Waals surface area contributed by atoms with Crippen molar-refractivity contribution in [2.24, 2.45) is 0 Å². The largest absolute Gasteiger partial charge is 2.00 e. The molecule has 4 aromatic carbocycles. The molecule has 0 aliphatic carbocycles. The Hall–Kier alpha value is -5.96. The molecule has 0 saturated heterocycles. The number of hydrogen-bond acceptors (Lipinski definition) is 22. The minimum Gasteiger partial charge on any atom is -0.357 e. The van der Waals surface area contributed by atoms with Crippen LogP contribution in [0.25, 0.3) is 89.7 Å². The van der Waals surface area contributed by atoms with Gasteiger partial charge in [-0.3, -0.25) is 0 Å². The number of rotatable bonds is 32. The molecule has 0 spiro atoms. The summed E-state index contributed by atoms with van der Waals surface area (Å²) >= 11 is 0. The van der Waals surface area contributed by atoms with Gasteiger partial charge in [0, 0.05) is 150 Å². The molecule has 0 N–H and O–H groups in total. The summed E-state index contributed by atoms with van der Waals surface area (Å²) in [6, 6.07) is 8.30. The summed E-state index contributed by atoms with van der Waals surface area (Å²) in [5.74, 6) is -1.90. The van der Waals surface area contributed by atoms with Crippen LogP contribution in [-0.2, 0) is 97.3 Å². The van der Waals surface area contributed by atoms with Crippen molar-refractivity contribution in [2.45, 2.75) is 150 Å². The van der Waals surface area contributed by atoms with Crippen LogP contribution in [0.2, 0.25) is 0 Å². The molecule has 0 fully saturated rings. The van der Waals surface area contributed by atoms with Gasteiger partial charge >= 0.3 is 17.1 Å². The minimum atomic E-state index is -4.81. The number of benzene rings is 4. The van der Waals surface area contributed by atoms with E-state index in [-0.39, 0.29) is 166 Å². The summed E-state index contributed by atoms with van der Waals surface area (Å²) in [6.07, 6.45) is 0. The zero-order chi connectivity index (χ0) is 77.1. The normalized spacial score (nSPS) is 13.6. The van der Waals surface area contributed by atoms with Gasteiger partial charge in [0.2, 0.25) is 80.2 Å². The molecule has 3 aromatic heterocycles. The summed E-state index contributed by atoms with van der Waals surface area (Å²) in [5, 5.41) is -0.918. The average molecular weight is 1660 g/mol. The molecule has 8 bridgehead atoms. The van der Waals surface area contributed by atoms with E-state index in [4.69, 9.17) is 39.9 Å². The fourth-order valence-electron chi connectivity index (χ4n) is 12.9. The molecule has 5 heterocycles. The first kappa shape index (κ1) is 84.7. The van der Waals surface area contributed by atoms with E-state index >= 15 is 67.3 Å². The molecule has 0 saturated carbocycles. The van der Waals surface area contributed by atoms with Crippen LogP contribution in [0.1, 0.15) is 111 Å². The van der Waals surface area contributed by atoms with Crippen molar-refractivity contribution in [3.05, 3.63) is 48.5 Å². The van der Waals surface area contributed by atoms with E-state index in [0.717, 1.165) is 83.0 Å². The van der Waals surface area contributed by atoms with Crippen molar-refractivity contribution in [1.29, 1.82) is 0 Å². The maximum Gasteiger partial charge on any atom is 2.00 e. The van der Waals surface area contributed by atoms with Gasteiger partial charge in [0.25, 0.3) is 0 Å². The Morgan fingerprint density at radius 3 is 0.467 bits per heavy atom. The third-order valence-electron chi connectivity index (χ3n) is 18.5. The van der Waals surface area contributed by atoms with Crippen molar-refractivity contribution >= 4 is 124 Å². The van der Waals surface area contributed by atoms with Gasteiger partial charge in [-0.2, -0.15) is 34.4 Å². The van der Waals surface area contributed by atoms with Gasteiger partial charge < -0.3 is 29.9 Å². The summed E-state index contributed by atoms with van der Waals surface area (Å²) < 4.78 is 251. The molecule has 41 heteroatoms. The van der Waals surface area contributed by atoms with E-state index < -0.39 is 165 Å². The molecule has 1 radical (unpaired) electrons. The van der Waals surface area contributed by atoms with E-state index in [1.54, 1.807) is 111 Å². The second-order valence-corrected chi connectivity index (χ2v) is 38.8. The van der Waals surface area contributed by atoms with E-state index in [1.165, 1.54) is 0 Å². The Bertz CT molecular complexity index is 5010. The summed E-state index contributed by atoms with van der Waals surface area (Å²) in [5.41, 5.74) is -2.81. The van der Waals surface area contributed by atoms with Crippen LogP contribution in [0.3, 0.4) is 0 Å². The van der Waals surface area contributed by atoms with Crippen LogP contribution in [0.5, 0.6) is 0 Å². The molecule has 0 unspecified atom stereocenters. The first-order valence-electron chi connectivity index (χ1n) is 34.3. The topological polar surface area (TPSA) is 405 Å².